The Bertz CT molecular complexity index is 1420. The average molecular weight is 721 g/mol. The van der Waals surface area contributed by atoms with Crippen molar-refractivity contribution >= 4 is 11.8 Å². The van der Waals surface area contributed by atoms with E-state index in [1.54, 1.807) is 6.92 Å². The highest BCUT2D eigenvalue weighted by Crippen LogP contribution is 2.48. The summed E-state index contributed by atoms with van der Waals surface area (Å²) < 4.78 is 17.7. The summed E-state index contributed by atoms with van der Waals surface area (Å²) in [5.74, 6) is 2.01. The van der Waals surface area contributed by atoms with Crippen LogP contribution in [0.3, 0.4) is 0 Å². The highest BCUT2D eigenvalue weighted by atomic mass is 16.5. The Kier molecular flexibility index (Phi) is 16.2. The maximum atomic E-state index is 13.2. The molecule has 2 aromatic rings. The topological polar surface area (TPSA) is 116 Å². The predicted molar refractivity (Wildman–Crippen MR) is 208 cm³/mol. The van der Waals surface area contributed by atoms with Crippen molar-refractivity contribution in [3.8, 4) is 17.2 Å². The number of nitrogens with zero attached hydrogens (tertiary/aromatic N) is 2. The number of hydrogen-bond acceptors (Lipinski definition) is 7. The molecule has 5 rings (SSSR count). The molecule has 1 saturated carbocycles. The third-order valence-corrected chi connectivity index (χ3v) is 10.5. The van der Waals surface area contributed by atoms with Crippen molar-refractivity contribution in [2.45, 2.75) is 163 Å². The molecule has 1 aromatic heterocycles. The van der Waals surface area contributed by atoms with Crippen LogP contribution < -0.4 is 15.4 Å². The predicted octanol–water partition coefficient (Wildman–Crippen LogP) is 9.83. The molecule has 2 bridgehead atoms. The molecular formula is C43H68N4O5. The van der Waals surface area contributed by atoms with Crippen LogP contribution in [-0.2, 0) is 14.3 Å². The highest BCUT2D eigenvalue weighted by molar-refractivity contribution is 5.95. The van der Waals surface area contributed by atoms with Gasteiger partial charge in [-0.1, -0.05) is 117 Å². The number of nitrogens with one attached hydrogen (secondary N) is 2. The highest BCUT2D eigenvalue weighted by Gasteiger charge is 2.47. The normalized spacial score (nSPS) is 15.3. The maximum Gasteiger partial charge on any atom is 0.247 e. The van der Waals surface area contributed by atoms with Crippen molar-refractivity contribution in [3.05, 3.63) is 41.3 Å². The zero-order chi connectivity index (χ0) is 37.5. The second-order valence-corrected chi connectivity index (χ2v) is 17.2. The van der Waals surface area contributed by atoms with Crippen LogP contribution in [0.4, 0.5) is 0 Å². The Labute approximate surface area is 313 Å². The maximum absolute atomic E-state index is 13.2. The summed E-state index contributed by atoms with van der Waals surface area (Å²) >= 11 is 0. The number of hydrogen-bond donors (Lipinski definition) is 2. The quantitative estimate of drug-likeness (QED) is 0.0930. The molecule has 0 unspecified atom stereocenters. The zero-order valence-electron chi connectivity index (χ0n) is 33.3. The lowest BCUT2D eigenvalue weighted by atomic mass is 9.62. The van der Waals surface area contributed by atoms with E-state index in [2.05, 4.69) is 55.4 Å². The summed E-state index contributed by atoms with van der Waals surface area (Å²) in [5.41, 5.74) is 2.43. The van der Waals surface area contributed by atoms with E-state index >= 15 is 0 Å². The first-order valence-electron chi connectivity index (χ1n) is 20.3. The van der Waals surface area contributed by atoms with Gasteiger partial charge in [-0.2, -0.15) is 0 Å². The van der Waals surface area contributed by atoms with Crippen molar-refractivity contribution in [2.24, 2.45) is 10.8 Å². The molecule has 2 N–H and O–H groups in total. The molecule has 0 saturated heterocycles. The first-order valence-corrected chi connectivity index (χ1v) is 20.3. The lowest BCUT2D eigenvalue weighted by Crippen LogP contribution is -2.57. The second kappa shape index (κ2) is 20.3. The fraction of sp³-hybridized carbons (Fsp3) is 0.721. The number of fused-ring (bicyclic) bond motifs is 2. The lowest BCUT2D eigenvalue weighted by molar-refractivity contribution is -0.124. The Morgan fingerprint density at radius 2 is 1.40 bits per heavy atom. The van der Waals surface area contributed by atoms with E-state index in [1.807, 2.05) is 24.3 Å². The van der Waals surface area contributed by atoms with Gasteiger partial charge in [-0.15, -0.1) is 10.2 Å². The fourth-order valence-corrected chi connectivity index (χ4v) is 7.29. The molecule has 2 amide bonds. The Morgan fingerprint density at radius 3 is 1.96 bits per heavy atom. The van der Waals surface area contributed by atoms with E-state index in [4.69, 9.17) is 13.9 Å². The van der Waals surface area contributed by atoms with E-state index in [-0.39, 0.29) is 28.2 Å². The first kappa shape index (κ1) is 41.6. The van der Waals surface area contributed by atoms with Gasteiger partial charge < -0.3 is 24.5 Å². The van der Waals surface area contributed by atoms with Gasteiger partial charge >= 0.3 is 0 Å². The van der Waals surface area contributed by atoms with Crippen LogP contribution in [0.5, 0.6) is 5.75 Å². The molecule has 9 heteroatoms. The van der Waals surface area contributed by atoms with Crippen LogP contribution in [0.1, 0.15) is 156 Å². The number of carbonyl (C=O) groups excluding carboxylic acids is 2. The third kappa shape index (κ3) is 14.0. The zero-order valence-corrected chi connectivity index (χ0v) is 33.3. The van der Waals surface area contributed by atoms with Gasteiger partial charge in [0.1, 0.15) is 5.75 Å². The first-order chi connectivity index (χ1) is 24.9. The van der Waals surface area contributed by atoms with Crippen molar-refractivity contribution in [3.63, 3.8) is 0 Å². The molecule has 3 aliphatic rings. The number of amides is 2. The summed E-state index contributed by atoms with van der Waals surface area (Å²) in [6.07, 6.45) is 20.8. The largest absolute Gasteiger partial charge is 0.493 e. The fourth-order valence-electron chi connectivity index (χ4n) is 7.29. The Balaban J connectivity index is 1.04. The van der Waals surface area contributed by atoms with Crippen LogP contribution in [0, 0.1) is 17.8 Å². The summed E-state index contributed by atoms with van der Waals surface area (Å²) in [6.45, 7) is 14.6. The number of rotatable bonds is 26. The monoisotopic (exact) mass is 721 g/mol. The van der Waals surface area contributed by atoms with E-state index in [0.717, 1.165) is 55.4 Å². The molecule has 1 heterocycles. The minimum absolute atomic E-state index is 0.0312. The minimum Gasteiger partial charge on any atom is -0.493 e. The van der Waals surface area contributed by atoms with Gasteiger partial charge in [0.25, 0.3) is 0 Å². The summed E-state index contributed by atoms with van der Waals surface area (Å²) in [5, 5.41) is 14.5. The number of ether oxygens (including phenoxy) is 2. The van der Waals surface area contributed by atoms with Gasteiger partial charge in [-0.05, 0) is 56.4 Å². The molecule has 0 radical (unpaired) electrons. The molecule has 3 aliphatic carbocycles. The molecular weight excluding hydrogens is 652 g/mol. The van der Waals surface area contributed by atoms with Crippen molar-refractivity contribution in [1.29, 1.82) is 0 Å². The van der Waals surface area contributed by atoms with Crippen LogP contribution in [0.15, 0.2) is 39.8 Å². The smallest absolute Gasteiger partial charge is 0.247 e. The minimum atomic E-state index is -0.222. The molecule has 0 aliphatic heterocycles. The average Bonchev–Trinajstić information content (AvgIpc) is 3.54. The van der Waals surface area contributed by atoms with Crippen LogP contribution in [0.25, 0.3) is 11.5 Å². The van der Waals surface area contributed by atoms with Gasteiger partial charge in [0.2, 0.25) is 23.6 Å². The third-order valence-electron chi connectivity index (χ3n) is 10.5. The second-order valence-electron chi connectivity index (χ2n) is 17.2. The van der Waals surface area contributed by atoms with Crippen molar-refractivity contribution in [1.82, 2.24) is 20.8 Å². The van der Waals surface area contributed by atoms with Gasteiger partial charge in [0.15, 0.2) is 0 Å². The molecule has 1 fully saturated rings. The van der Waals surface area contributed by atoms with Gasteiger partial charge in [0, 0.05) is 47.4 Å². The van der Waals surface area contributed by atoms with E-state index < -0.39 is 0 Å². The van der Waals surface area contributed by atoms with Gasteiger partial charge in [-0.3, -0.25) is 9.59 Å². The number of aryl methyl sites for hydroxylation is 1. The van der Waals surface area contributed by atoms with E-state index in [9.17, 15) is 9.59 Å². The molecule has 9 nitrogen and oxygen atoms in total. The number of carbonyl (C=O) groups is 2. The molecule has 0 atom stereocenters. The SMILES string of the molecule is CCCCCCCCCCCCCCCC(=O)NC12CCC(C(=O)NCC(C)(C)COCC(C)(C)COc3ccc(-c4nnc(C)o4)cc3)=C(C1)C2. The van der Waals surface area contributed by atoms with Crippen LogP contribution >= 0.6 is 0 Å². The van der Waals surface area contributed by atoms with Gasteiger partial charge in [0.05, 0.1) is 19.8 Å². The summed E-state index contributed by atoms with van der Waals surface area (Å²) in [7, 11) is 0. The van der Waals surface area contributed by atoms with E-state index in [1.165, 1.54) is 76.2 Å². The summed E-state index contributed by atoms with van der Waals surface area (Å²) in [6, 6.07) is 7.63. The van der Waals surface area contributed by atoms with Crippen molar-refractivity contribution in [2.75, 3.05) is 26.4 Å². The van der Waals surface area contributed by atoms with Crippen LogP contribution in [0.2, 0.25) is 0 Å². The summed E-state index contributed by atoms with van der Waals surface area (Å²) in [4.78, 5) is 25.9. The molecule has 0 spiro atoms. The van der Waals surface area contributed by atoms with Crippen LogP contribution in [-0.4, -0.2) is 53.9 Å². The molecule has 290 valence electrons. The standard InChI is InChI=1S/C43H68N4O5/c1-7-8-9-10-11-12-13-14-15-16-17-18-19-20-38(48)45-43-26-25-37(35(27-43)28-43)39(49)44-29-41(3,4)30-50-31-42(5,6)32-51-36-23-21-34(22-24-36)40-47-46-33(2)52-40/h21-24H,7-20,25-32H2,1-6H3,(H,44,49)(H,45,48). The molecule has 1 aromatic carbocycles. The Morgan fingerprint density at radius 1 is 0.808 bits per heavy atom. The van der Waals surface area contributed by atoms with Gasteiger partial charge in [-0.25, -0.2) is 0 Å². The van der Waals surface area contributed by atoms with E-state index in [0.29, 0.717) is 44.6 Å². The van der Waals surface area contributed by atoms with Crippen molar-refractivity contribution < 1.29 is 23.5 Å². The molecule has 52 heavy (non-hydrogen) atoms. The lowest BCUT2D eigenvalue weighted by Gasteiger charge is -2.49. The number of benzene rings is 1. The number of unbranched alkanes of at least 4 members (excludes halogenated alkanes) is 12. The Hall–Kier alpha value is -3.20. The number of aromatic nitrogens is 2.